The summed E-state index contributed by atoms with van der Waals surface area (Å²) < 4.78 is 52.7. The molecule has 2 aliphatic rings. The third-order valence-electron chi connectivity index (χ3n) is 6.00. The molecule has 2 aromatic rings. The van der Waals surface area contributed by atoms with Crippen molar-refractivity contribution in [3.8, 4) is 0 Å². The molecule has 0 bridgehead atoms. The molecule has 0 radical (unpaired) electrons. The van der Waals surface area contributed by atoms with Crippen molar-refractivity contribution in [3.63, 3.8) is 0 Å². The summed E-state index contributed by atoms with van der Waals surface area (Å²) in [6.07, 6.45) is -3.69. The minimum Gasteiger partial charge on any atom is -0.367 e. The number of amides is 1. The van der Waals surface area contributed by atoms with Crippen LogP contribution in [0.15, 0.2) is 30.3 Å². The highest BCUT2D eigenvalue weighted by molar-refractivity contribution is 6.41. The molecule has 0 spiro atoms. The lowest BCUT2D eigenvalue weighted by atomic mass is 9.99. The van der Waals surface area contributed by atoms with Crippen LogP contribution in [0.5, 0.6) is 0 Å². The standard InChI is InChI=1S/C22H20Cl2F4N2O/c23-16-10-17-15(2-1-9-30(17)12-13-3-5-14(25)6-4-13)19(24)20(16)29-18(31)11-21(7-8-21)22(26,27)28/h3-6,10H,1-2,7-9,11-12H2,(H,29,31). The molecule has 166 valence electrons. The van der Waals surface area contributed by atoms with Crippen molar-refractivity contribution in [3.05, 3.63) is 57.3 Å². The fourth-order valence-corrected chi connectivity index (χ4v) is 4.66. The first-order valence-electron chi connectivity index (χ1n) is 9.96. The fraction of sp³-hybridized carbons (Fsp3) is 0.409. The molecule has 1 saturated carbocycles. The highest BCUT2D eigenvalue weighted by atomic mass is 35.5. The highest BCUT2D eigenvalue weighted by Gasteiger charge is 2.63. The van der Waals surface area contributed by atoms with E-state index < -0.39 is 23.9 Å². The lowest BCUT2D eigenvalue weighted by molar-refractivity contribution is -0.189. The van der Waals surface area contributed by atoms with E-state index in [1.807, 2.05) is 0 Å². The van der Waals surface area contributed by atoms with Crippen molar-refractivity contribution in [1.29, 1.82) is 0 Å². The summed E-state index contributed by atoms with van der Waals surface area (Å²) in [7, 11) is 0. The summed E-state index contributed by atoms with van der Waals surface area (Å²) in [6.45, 7) is 1.27. The van der Waals surface area contributed by atoms with Crippen molar-refractivity contribution in [2.75, 3.05) is 16.8 Å². The minimum atomic E-state index is -4.41. The minimum absolute atomic E-state index is 0.0477. The molecule has 0 atom stereocenters. The molecule has 1 amide bonds. The number of carbonyl (C=O) groups is 1. The first-order valence-corrected chi connectivity index (χ1v) is 10.7. The van der Waals surface area contributed by atoms with E-state index in [0.29, 0.717) is 13.0 Å². The molecule has 0 saturated heterocycles. The van der Waals surface area contributed by atoms with E-state index in [2.05, 4.69) is 10.2 Å². The number of benzene rings is 2. The molecule has 4 rings (SSSR count). The summed E-state index contributed by atoms with van der Waals surface area (Å²) in [4.78, 5) is 14.4. The molecule has 1 N–H and O–H groups in total. The number of halogens is 6. The lowest BCUT2D eigenvalue weighted by Crippen LogP contribution is -2.30. The number of fused-ring (bicyclic) bond motifs is 1. The summed E-state index contributed by atoms with van der Waals surface area (Å²) in [5, 5.41) is 2.92. The van der Waals surface area contributed by atoms with E-state index in [0.717, 1.165) is 29.8 Å². The second-order valence-electron chi connectivity index (χ2n) is 8.20. The number of carbonyl (C=O) groups excluding carboxylic acids is 1. The maximum atomic E-state index is 13.2. The van der Waals surface area contributed by atoms with Gasteiger partial charge in [0.05, 0.1) is 21.1 Å². The zero-order valence-electron chi connectivity index (χ0n) is 16.5. The van der Waals surface area contributed by atoms with Crippen LogP contribution in [0.25, 0.3) is 0 Å². The van der Waals surface area contributed by atoms with Crippen molar-refractivity contribution in [2.45, 2.75) is 44.8 Å². The predicted octanol–water partition coefficient (Wildman–Crippen LogP) is 6.76. The number of nitrogens with one attached hydrogen (secondary N) is 1. The van der Waals surface area contributed by atoms with Crippen LogP contribution in [-0.4, -0.2) is 18.6 Å². The average Bonchev–Trinajstić information content (AvgIpc) is 3.48. The van der Waals surface area contributed by atoms with Gasteiger partial charge in [-0.3, -0.25) is 4.79 Å². The average molecular weight is 475 g/mol. The SMILES string of the molecule is O=C(CC1(C(F)(F)F)CC1)Nc1c(Cl)cc2c(c1Cl)CCCN2Cc1ccc(F)cc1. The largest absolute Gasteiger partial charge is 0.395 e. The van der Waals surface area contributed by atoms with Crippen LogP contribution in [-0.2, 0) is 17.8 Å². The van der Waals surface area contributed by atoms with Gasteiger partial charge in [0.15, 0.2) is 0 Å². The van der Waals surface area contributed by atoms with Gasteiger partial charge in [-0.1, -0.05) is 35.3 Å². The predicted molar refractivity (Wildman–Crippen MR) is 113 cm³/mol. The van der Waals surface area contributed by atoms with Crippen LogP contribution in [0, 0.1) is 11.2 Å². The Morgan fingerprint density at radius 1 is 1.16 bits per heavy atom. The Bertz CT molecular complexity index is 1000. The Morgan fingerprint density at radius 2 is 1.84 bits per heavy atom. The molecule has 2 aromatic carbocycles. The Kier molecular flexibility index (Phi) is 5.85. The van der Waals surface area contributed by atoms with Gasteiger partial charge in [0.25, 0.3) is 0 Å². The van der Waals surface area contributed by atoms with Gasteiger partial charge in [-0.25, -0.2) is 4.39 Å². The topological polar surface area (TPSA) is 32.3 Å². The summed E-state index contributed by atoms with van der Waals surface area (Å²) in [5.74, 6) is -1.06. The number of hydrogen-bond acceptors (Lipinski definition) is 2. The zero-order chi connectivity index (χ0) is 22.4. The summed E-state index contributed by atoms with van der Waals surface area (Å²) in [5.41, 5.74) is 0.717. The number of hydrogen-bond donors (Lipinski definition) is 1. The molecule has 1 fully saturated rings. The first-order chi connectivity index (χ1) is 14.6. The molecule has 0 unspecified atom stereocenters. The second kappa shape index (κ2) is 8.17. The van der Waals surface area contributed by atoms with Crippen LogP contribution in [0.3, 0.4) is 0 Å². The molecule has 1 aliphatic heterocycles. The molecule has 0 aromatic heterocycles. The fourth-order valence-electron chi connectivity index (χ4n) is 4.03. The van der Waals surface area contributed by atoms with Gasteiger partial charge >= 0.3 is 6.18 Å². The molecule has 1 heterocycles. The number of rotatable bonds is 5. The Balaban J connectivity index is 1.55. The summed E-state index contributed by atoms with van der Waals surface area (Å²) >= 11 is 12.9. The third-order valence-corrected chi connectivity index (χ3v) is 6.71. The summed E-state index contributed by atoms with van der Waals surface area (Å²) in [6, 6.07) is 7.88. The van der Waals surface area contributed by atoms with Crippen LogP contribution in [0.1, 0.15) is 36.8 Å². The van der Waals surface area contributed by atoms with Gasteiger partial charge in [-0.2, -0.15) is 13.2 Å². The maximum Gasteiger partial charge on any atom is 0.395 e. The van der Waals surface area contributed by atoms with E-state index in [1.165, 1.54) is 12.1 Å². The lowest BCUT2D eigenvalue weighted by Gasteiger charge is -2.33. The number of alkyl halides is 3. The van der Waals surface area contributed by atoms with Gasteiger partial charge in [-0.05, 0) is 55.0 Å². The zero-order valence-corrected chi connectivity index (χ0v) is 18.0. The molecule has 9 heteroatoms. The van der Waals surface area contributed by atoms with Crippen LogP contribution >= 0.6 is 23.2 Å². The monoisotopic (exact) mass is 474 g/mol. The second-order valence-corrected chi connectivity index (χ2v) is 8.98. The Morgan fingerprint density at radius 3 is 2.45 bits per heavy atom. The van der Waals surface area contributed by atoms with E-state index in [9.17, 15) is 22.4 Å². The maximum absolute atomic E-state index is 13.2. The number of anilines is 2. The van der Waals surface area contributed by atoms with E-state index >= 15 is 0 Å². The molecule has 31 heavy (non-hydrogen) atoms. The highest BCUT2D eigenvalue weighted by Crippen LogP contribution is 2.60. The quantitative estimate of drug-likeness (QED) is 0.485. The smallest absolute Gasteiger partial charge is 0.367 e. The van der Waals surface area contributed by atoms with Crippen molar-refractivity contribution in [2.24, 2.45) is 5.41 Å². The van der Waals surface area contributed by atoms with Crippen molar-refractivity contribution < 1.29 is 22.4 Å². The van der Waals surface area contributed by atoms with E-state index in [-0.39, 0.29) is 34.4 Å². The third kappa shape index (κ3) is 4.48. The Hall–Kier alpha value is -1.99. The van der Waals surface area contributed by atoms with Gasteiger partial charge < -0.3 is 10.2 Å². The van der Waals surface area contributed by atoms with Gasteiger partial charge in [0, 0.05) is 25.2 Å². The van der Waals surface area contributed by atoms with Crippen LogP contribution in [0.2, 0.25) is 10.0 Å². The Labute approximate surface area is 187 Å². The van der Waals surface area contributed by atoms with Gasteiger partial charge in [0.1, 0.15) is 5.82 Å². The van der Waals surface area contributed by atoms with Gasteiger partial charge in [0.2, 0.25) is 5.91 Å². The normalized spacial score (nSPS) is 17.3. The first kappa shape index (κ1) is 22.2. The van der Waals surface area contributed by atoms with E-state index in [1.54, 1.807) is 18.2 Å². The van der Waals surface area contributed by atoms with Crippen LogP contribution < -0.4 is 10.2 Å². The van der Waals surface area contributed by atoms with Gasteiger partial charge in [-0.15, -0.1) is 0 Å². The number of nitrogens with zero attached hydrogens (tertiary/aromatic N) is 1. The van der Waals surface area contributed by atoms with E-state index in [4.69, 9.17) is 23.2 Å². The molecular weight excluding hydrogens is 455 g/mol. The van der Waals surface area contributed by atoms with Crippen molar-refractivity contribution in [1.82, 2.24) is 0 Å². The molecule has 1 aliphatic carbocycles. The van der Waals surface area contributed by atoms with Crippen molar-refractivity contribution >= 4 is 40.5 Å². The molecule has 3 nitrogen and oxygen atoms in total. The molecular formula is C22H20Cl2F4N2O. The van der Waals surface area contributed by atoms with Crippen LogP contribution in [0.4, 0.5) is 28.9 Å².